The summed E-state index contributed by atoms with van der Waals surface area (Å²) in [5.41, 5.74) is -1.61. The molecule has 0 aromatic rings. The van der Waals surface area contributed by atoms with E-state index >= 15 is 0 Å². The first-order valence-corrected chi connectivity index (χ1v) is 4.77. The number of carbonyl (C=O) groups excluding carboxylic acids is 3. The molecule has 0 spiro atoms. The van der Waals surface area contributed by atoms with Crippen LogP contribution in [-0.4, -0.2) is 45.0 Å². The Hall–Kier alpha value is -0.268. The summed E-state index contributed by atoms with van der Waals surface area (Å²) in [4.78, 5) is 34.0. The number of carbonyl (C=O) groups is 3. The van der Waals surface area contributed by atoms with Crippen molar-refractivity contribution in [3.63, 3.8) is 0 Å². The molecular formula is C11H18O4Pb. The van der Waals surface area contributed by atoms with E-state index < -0.39 is 28.6 Å². The number of esters is 2. The van der Waals surface area contributed by atoms with Crippen LogP contribution >= 0.6 is 0 Å². The van der Waals surface area contributed by atoms with Gasteiger partial charge in [0, 0.05) is 32.7 Å². The van der Waals surface area contributed by atoms with Crippen LogP contribution in [0.25, 0.3) is 0 Å². The molecule has 4 radical (unpaired) electrons. The van der Waals surface area contributed by atoms with Crippen molar-refractivity contribution in [2.24, 2.45) is 10.8 Å². The van der Waals surface area contributed by atoms with E-state index in [1.54, 1.807) is 41.5 Å². The summed E-state index contributed by atoms with van der Waals surface area (Å²) < 4.78 is 4.48. The van der Waals surface area contributed by atoms with E-state index in [1.807, 2.05) is 0 Å². The van der Waals surface area contributed by atoms with E-state index in [0.29, 0.717) is 0 Å². The van der Waals surface area contributed by atoms with Crippen LogP contribution in [0.2, 0.25) is 0 Å². The Bertz CT molecular complexity index is 294. The number of rotatable bonds is 1. The van der Waals surface area contributed by atoms with Gasteiger partial charge in [-0.1, -0.05) is 20.8 Å². The van der Waals surface area contributed by atoms with Gasteiger partial charge in [-0.05, 0) is 20.8 Å². The molecule has 0 N–H and O–H groups in total. The quantitative estimate of drug-likeness (QED) is 0.278. The SMILES string of the molecule is CC(C)(C)C(=O)OC(=O)C(=O)C(C)(C)C.[Pb]. The second-order valence-electron chi connectivity index (χ2n) is 5.51. The second-order valence-corrected chi connectivity index (χ2v) is 5.51. The molecule has 5 heteroatoms. The molecule has 0 amide bonds. The Labute approximate surface area is 116 Å². The van der Waals surface area contributed by atoms with Crippen molar-refractivity contribution in [3.8, 4) is 0 Å². The average molecular weight is 421 g/mol. The maximum absolute atomic E-state index is 11.4. The van der Waals surface area contributed by atoms with Gasteiger partial charge < -0.3 is 4.74 Å². The maximum atomic E-state index is 11.4. The largest absolute Gasteiger partial charge is 0.387 e. The van der Waals surface area contributed by atoms with Gasteiger partial charge >= 0.3 is 11.9 Å². The minimum atomic E-state index is -1.08. The van der Waals surface area contributed by atoms with Crippen LogP contribution < -0.4 is 0 Å². The summed E-state index contributed by atoms with van der Waals surface area (Å²) in [7, 11) is 0. The van der Waals surface area contributed by atoms with Gasteiger partial charge in [0.2, 0.25) is 5.78 Å². The predicted octanol–water partition coefficient (Wildman–Crippen LogP) is 1.34. The molecule has 0 aliphatic rings. The zero-order chi connectivity index (χ0) is 12.4. The van der Waals surface area contributed by atoms with Crippen LogP contribution in [0.5, 0.6) is 0 Å². The summed E-state index contributed by atoms with van der Waals surface area (Å²) in [5, 5.41) is 0. The molecule has 0 bridgehead atoms. The van der Waals surface area contributed by atoms with Crippen LogP contribution in [0.1, 0.15) is 41.5 Å². The molecule has 90 valence electrons. The third kappa shape index (κ3) is 5.72. The summed E-state index contributed by atoms with van der Waals surface area (Å²) >= 11 is 0. The van der Waals surface area contributed by atoms with E-state index in [2.05, 4.69) is 4.74 Å². The summed E-state index contributed by atoms with van der Waals surface area (Å²) in [5.74, 6) is -2.47. The summed E-state index contributed by atoms with van der Waals surface area (Å²) in [6.45, 7) is 9.63. The Kier molecular flexibility index (Phi) is 6.66. The van der Waals surface area contributed by atoms with E-state index in [4.69, 9.17) is 0 Å². The molecule has 0 aromatic carbocycles. The molecule has 0 fully saturated rings. The van der Waals surface area contributed by atoms with Crippen molar-refractivity contribution in [1.82, 2.24) is 0 Å². The normalized spacial score (nSPS) is 11.4. The van der Waals surface area contributed by atoms with E-state index in [9.17, 15) is 14.4 Å². The van der Waals surface area contributed by atoms with Crippen molar-refractivity contribution in [2.75, 3.05) is 0 Å². The predicted molar refractivity (Wildman–Crippen MR) is 60.8 cm³/mol. The number of ether oxygens (including phenoxy) is 1. The van der Waals surface area contributed by atoms with Gasteiger partial charge in [-0.25, -0.2) is 4.79 Å². The van der Waals surface area contributed by atoms with Gasteiger partial charge in [-0.3, -0.25) is 9.59 Å². The fraction of sp³-hybridized carbons (Fsp3) is 0.727. The van der Waals surface area contributed by atoms with Crippen LogP contribution in [0.3, 0.4) is 0 Å². The van der Waals surface area contributed by atoms with Crippen molar-refractivity contribution >= 4 is 45.0 Å². The van der Waals surface area contributed by atoms with E-state index in [-0.39, 0.29) is 27.3 Å². The molecule has 0 saturated carbocycles. The minimum absolute atomic E-state index is 0. The van der Waals surface area contributed by atoms with Crippen molar-refractivity contribution in [1.29, 1.82) is 0 Å². The summed E-state index contributed by atoms with van der Waals surface area (Å²) in [6, 6.07) is 0. The van der Waals surface area contributed by atoms with Gasteiger partial charge in [0.15, 0.2) is 0 Å². The van der Waals surface area contributed by atoms with E-state index in [1.165, 1.54) is 0 Å². The topological polar surface area (TPSA) is 60.4 Å². The van der Waals surface area contributed by atoms with Gasteiger partial charge in [0.05, 0.1) is 5.41 Å². The van der Waals surface area contributed by atoms with Gasteiger partial charge in [0.25, 0.3) is 0 Å². The van der Waals surface area contributed by atoms with Crippen LogP contribution in [0.15, 0.2) is 0 Å². The Morgan fingerprint density at radius 1 is 0.812 bits per heavy atom. The first-order valence-electron chi connectivity index (χ1n) is 4.77. The fourth-order valence-electron chi connectivity index (χ4n) is 0.590. The molecule has 0 saturated heterocycles. The number of hydrogen-bond acceptors (Lipinski definition) is 4. The maximum Gasteiger partial charge on any atom is 0.382 e. The van der Waals surface area contributed by atoms with Crippen LogP contribution in [-0.2, 0) is 19.1 Å². The van der Waals surface area contributed by atoms with Crippen molar-refractivity contribution in [2.45, 2.75) is 41.5 Å². The third-order valence-electron chi connectivity index (χ3n) is 1.66. The minimum Gasteiger partial charge on any atom is -0.387 e. The molecule has 0 heterocycles. The van der Waals surface area contributed by atoms with Crippen LogP contribution in [0, 0.1) is 10.8 Å². The van der Waals surface area contributed by atoms with Gasteiger partial charge in [-0.15, -0.1) is 0 Å². The molecule has 0 atom stereocenters. The standard InChI is InChI=1S/C11H18O4.Pb/c1-10(2,3)7(12)8(13)15-9(14)11(4,5)6;/h1-6H3;. The van der Waals surface area contributed by atoms with Gasteiger partial charge in [0.1, 0.15) is 0 Å². The average Bonchev–Trinajstić information content (AvgIpc) is 1.99. The third-order valence-corrected chi connectivity index (χ3v) is 1.66. The molecular weight excluding hydrogens is 403 g/mol. The molecule has 0 aliphatic carbocycles. The van der Waals surface area contributed by atoms with E-state index in [0.717, 1.165) is 0 Å². The zero-order valence-corrected chi connectivity index (χ0v) is 14.5. The smallest absolute Gasteiger partial charge is 0.382 e. The Morgan fingerprint density at radius 2 is 1.19 bits per heavy atom. The second kappa shape index (κ2) is 5.88. The Morgan fingerprint density at radius 3 is 1.44 bits per heavy atom. The monoisotopic (exact) mass is 422 g/mol. The van der Waals surface area contributed by atoms with Crippen LogP contribution in [0.4, 0.5) is 0 Å². The molecule has 0 unspecified atom stereocenters. The number of ketones is 1. The molecule has 16 heavy (non-hydrogen) atoms. The van der Waals surface area contributed by atoms with Gasteiger partial charge in [-0.2, -0.15) is 0 Å². The Balaban J connectivity index is 0. The first kappa shape index (κ1) is 18.1. The van der Waals surface area contributed by atoms with Crippen molar-refractivity contribution < 1.29 is 19.1 Å². The molecule has 4 nitrogen and oxygen atoms in total. The van der Waals surface area contributed by atoms with Crippen molar-refractivity contribution in [3.05, 3.63) is 0 Å². The molecule has 0 rings (SSSR count). The molecule has 0 aromatic heterocycles. The number of Topliss-reactive ketones (excluding diaryl/α,β-unsaturated/α-hetero) is 1. The number of hydrogen-bond donors (Lipinski definition) is 0. The molecule has 0 aliphatic heterocycles. The fourth-order valence-corrected chi connectivity index (χ4v) is 0.590. The zero-order valence-electron chi connectivity index (χ0n) is 10.6. The summed E-state index contributed by atoms with van der Waals surface area (Å²) in [6.07, 6.45) is 0. The first-order chi connectivity index (χ1) is 6.46.